The van der Waals surface area contributed by atoms with Crippen LogP contribution in [0.5, 0.6) is 0 Å². The number of rotatable bonds is 3. The lowest BCUT2D eigenvalue weighted by molar-refractivity contribution is 0.0934. The number of pyridine rings is 1. The molecule has 1 unspecified atom stereocenters. The van der Waals surface area contributed by atoms with E-state index < -0.39 is 11.9 Å². The minimum Gasteiger partial charge on any atom is -0.347 e. The second-order valence-electron chi connectivity index (χ2n) is 3.13. The van der Waals surface area contributed by atoms with Crippen molar-refractivity contribution in [1.82, 2.24) is 10.3 Å². The summed E-state index contributed by atoms with van der Waals surface area (Å²) in [7, 11) is 0. The second-order valence-corrected chi connectivity index (χ2v) is 3.13. The van der Waals surface area contributed by atoms with Crippen molar-refractivity contribution < 1.29 is 9.18 Å². The Balaban J connectivity index is 2.66. The predicted octanol–water partition coefficient (Wildman–Crippen LogP) is 1.36. The van der Waals surface area contributed by atoms with Crippen molar-refractivity contribution in [3.8, 4) is 12.3 Å². The van der Waals surface area contributed by atoms with Crippen molar-refractivity contribution in [3.05, 3.63) is 29.8 Å². The largest absolute Gasteiger partial charge is 0.347 e. The van der Waals surface area contributed by atoms with Gasteiger partial charge in [0.05, 0.1) is 0 Å². The number of terminal acetylenes is 1. The Labute approximate surface area is 87.7 Å². The third-order valence-electron chi connectivity index (χ3n) is 1.75. The van der Waals surface area contributed by atoms with Crippen LogP contribution in [0.4, 0.5) is 4.39 Å². The quantitative estimate of drug-likeness (QED) is 0.599. The van der Waals surface area contributed by atoms with E-state index in [1.165, 1.54) is 18.2 Å². The van der Waals surface area contributed by atoms with E-state index in [4.69, 9.17) is 6.42 Å². The average Bonchev–Trinajstić information content (AvgIpc) is 2.18. The van der Waals surface area contributed by atoms with Crippen LogP contribution in [0.2, 0.25) is 0 Å². The molecule has 0 radical (unpaired) electrons. The van der Waals surface area contributed by atoms with Crippen LogP contribution in [0.25, 0.3) is 0 Å². The summed E-state index contributed by atoms with van der Waals surface area (Å²) in [4.78, 5) is 14.9. The molecule has 3 nitrogen and oxygen atoms in total. The lowest BCUT2D eigenvalue weighted by atomic mass is 10.2. The minimum atomic E-state index is -0.674. The molecule has 78 valence electrons. The van der Waals surface area contributed by atoms with E-state index in [1.807, 2.05) is 0 Å². The highest BCUT2D eigenvalue weighted by Crippen LogP contribution is 1.99. The Kier molecular flexibility index (Phi) is 3.81. The molecule has 0 aliphatic heterocycles. The molecular formula is C11H11FN2O. The molecule has 1 heterocycles. The minimum absolute atomic E-state index is 0.0545. The Bertz CT molecular complexity index is 398. The zero-order valence-corrected chi connectivity index (χ0v) is 8.33. The van der Waals surface area contributed by atoms with E-state index in [2.05, 4.69) is 16.2 Å². The number of amides is 1. The van der Waals surface area contributed by atoms with Gasteiger partial charge in [0.15, 0.2) is 0 Å². The van der Waals surface area contributed by atoms with Gasteiger partial charge in [0.2, 0.25) is 5.95 Å². The molecule has 0 aliphatic rings. The fraction of sp³-hybridized carbons (Fsp3) is 0.273. The van der Waals surface area contributed by atoms with Gasteiger partial charge in [0.25, 0.3) is 5.91 Å². The lowest BCUT2D eigenvalue weighted by Crippen LogP contribution is -2.32. The molecule has 1 aromatic heterocycles. The van der Waals surface area contributed by atoms with E-state index in [0.29, 0.717) is 6.42 Å². The molecule has 1 amide bonds. The smallest absolute Gasteiger partial charge is 0.270 e. The van der Waals surface area contributed by atoms with Crippen LogP contribution in [0, 0.1) is 18.3 Å². The summed E-state index contributed by atoms with van der Waals surface area (Å²) in [6, 6.07) is 3.92. The first kappa shape index (κ1) is 11.2. The number of hydrogen-bond donors (Lipinski definition) is 1. The van der Waals surface area contributed by atoms with E-state index in [-0.39, 0.29) is 11.7 Å². The number of aromatic nitrogens is 1. The Hall–Kier alpha value is -1.89. The van der Waals surface area contributed by atoms with Crippen molar-refractivity contribution in [1.29, 1.82) is 0 Å². The molecule has 0 aromatic carbocycles. The van der Waals surface area contributed by atoms with Crippen molar-refractivity contribution in [2.24, 2.45) is 0 Å². The third kappa shape index (κ3) is 3.39. The van der Waals surface area contributed by atoms with Crippen LogP contribution in [-0.4, -0.2) is 16.9 Å². The summed E-state index contributed by atoms with van der Waals surface area (Å²) in [5, 5.41) is 2.61. The van der Waals surface area contributed by atoms with Gasteiger partial charge in [-0.05, 0) is 19.1 Å². The molecule has 0 aliphatic carbocycles. The number of halogens is 1. The van der Waals surface area contributed by atoms with Crippen molar-refractivity contribution in [2.75, 3.05) is 0 Å². The fourth-order valence-electron chi connectivity index (χ4n) is 1.06. The maximum Gasteiger partial charge on any atom is 0.270 e. The van der Waals surface area contributed by atoms with E-state index in [9.17, 15) is 9.18 Å². The molecule has 0 spiro atoms. The normalized spacial score (nSPS) is 11.5. The van der Waals surface area contributed by atoms with Gasteiger partial charge < -0.3 is 5.32 Å². The lowest BCUT2D eigenvalue weighted by Gasteiger charge is -2.09. The molecule has 1 atom stereocenters. The van der Waals surface area contributed by atoms with Gasteiger partial charge in [-0.1, -0.05) is 6.07 Å². The van der Waals surface area contributed by atoms with Crippen LogP contribution in [0.3, 0.4) is 0 Å². The number of carbonyl (C=O) groups is 1. The van der Waals surface area contributed by atoms with Crippen LogP contribution in [0.15, 0.2) is 18.2 Å². The van der Waals surface area contributed by atoms with Crippen molar-refractivity contribution in [2.45, 2.75) is 19.4 Å². The Morgan fingerprint density at radius 1 is 1.73 bits per heavy atom. The molecule has 0 fully saturated rings. The van der Waals surface area contributed by atoms with Crippen molar-refractivity contribution in [3.63, 3.8) is 0 Å². The Morgan fingerprint density at radius 2 is 2.47 bits per heavy atom. The van der Waals surface area contributed by atoms with E-state index >= 15 is 0 Å². The summed E-state index contributed by atoms with van der Waals surface area (Å²) < 4.78 is 12.7. The maximum atomic E-state index is 12.7. The molecule has 1 N–H and O–H groups in total. The first-order valence-corrected chi connectivity index (χ1v) is 4.50. The molecule has 0 saturated carbocycles. The summed E-state index contributed by atoms with van der Waals surface area (Å²) in [5.41, 5.74) is 0.0545. The molecule has 4 heteroatoms. The third-order valence-corrected chi connectivity index (χ3v) is 1.75. The zero-order chi connectivity index (χ0) is 11.3. The van der Waals surface area contributed by atoms with Crippen LogP contribution >= 0.6 is 0 Å². The van der Waals surface area contributed by atoms with Gasteiger partial charge >= 0.3 is 0 Å². The average molecular weight is 206 g/mol. The predicted molar refractivity (Wildman–Crippen MR) is 54.6 cm³/mol. The summed E-state index contributed by atoms with van der Waals surface area (Å²) in [6.07, 6.45) is 5.52. The van der Waals surface area contributed by atoms with Crippen LogP contribution < -0.4 is 5.32 Å². The molecule has 1 aromatic rings. The number of nitrogens with zero attached hydrogens (tertiary/aromatic N) is 1. The van der Waals surface area contributed by atoms with E-state index in [0.717, 1.165) is 0 Å². The van der Waals surface area contributed by atoms with E-state index in [1.54, 1.807) is 6.92 Å². The highest BCUT2D eigenvalue weighted by molar-refractivity contribution is 5.92. The fourth-order valence-corrected chi connectivity index (χ4v) is 1.06. The van der Waals surface area contributed by atoms with Gasteiger partial charge in [-0.15, -0.1) is 12.3 Å². The molecule has 0 saturated heterocycles. The first-order chi connectivity index (χ1) is 7.13. The first-order valence-electron chi connectivity index (χ1n) is 4.50. The zero-order valence-electron chi connectivity index (χ0n) is 8.33. The standard InChI is InChI=1S/C11H11FN2O/c1-3-5-8(2)13-11(15)9-6-4-7-10(12)14-9/h1,4,6-8H,5H2,2H3,(H,13,15). The van der Waals surface area contributed by atoms with Crippen LogP contribution in [0.1, 0.15) is 23.8 Å². The van der Waals surface area contributed by atoms with Gasteiger partial charge in [-0.2, -0.15) is 4.39 Å². The molecular weight excluding hydrogens is 195 g/mol. The highest BCUT2D eigenvalue weighted by Gasteiger charge is 2.10. The molecule has 1 rings (SSSR count). The maximum absolute atomic E-state index is 12.7. The monoisotopic (exact) mass is 206 g/mol. The number of nitrogens with one attached hydrogen (secondary N) is 1. The van der Waals surface area contributed by atoms with Gasteiger partial charge in [0.1, 0.15) is 5.69 Å². The van der Waals surface area contributed by atoms with Crippen molar-refractivity contribution >= 4 is 5.91 Å². The summed E-state index contributed by atoms with van der Waals surface area (Å²) in [6.45, 7) is 1.77. The van der Waals surface area contributed by atoms with Gasteiger partial charge in [-0.3, -0.25) is 4.79 Å². The van der Waals surface area contributed by atoms with Gasteiger partial charge in [-0.25, -0.2) is 4.98 Å². The SMILES string of the molecule is C#CCC(C)NC(=O)c1cccc(F)n1. The summed E-state index contributed by atoms with van der Waals surface area (Å²) in [5.74, 6) is 1.33. The summed E-state index contributed by atoms with van der Waals surface area (Å²) >= 11 is 0. The van der Waals surface area contributed by atoms with Crippen LogP contribution in [-0.2, 0) is 0 Å². The number of carbonyl (C=O) groups excluding carboxylic acids is 1. The second kappa shape index (κ2) is 5.11. The Morgan fingerprint density at radius 3 is 3.07 bits per heavy atom. The highest BCUT2D eigenvalue weighted by atomic mass is 19.1. The molecule has 15 heavy (non-hydrogen) atoms. The van der Waals surface area contributed by atoms with Gasteiger partial charge in [0, 0.05) is 12.5 Å². The molecule has 0 bridgehead atoms. The topological polar surface area (TPSA) is 42.0 Å². The number of hydrogen-bond acceptors (Lipinski definition) is 2.